The number of aromatic nitrogens is 2. The van der Waals surface area contributed by atoms with E-state index in [1.165, 1.54) is 0 Å². The van der Waals surface area contributed by atoms with Gasteiger partial charge in [-0.05, 0) is 12.1 Å². The summed E-state index contributed by atoms with van der Waals surface area (Å²) in [6, 6.07) is 8.17. The largest absolute Gasteiger partial charge is 0.378 e. The van der Waals surface area contributed by atoms with Gasteiger partial charge in [-0.3, -0.25) is 4.79 Å². The molecule has 0 N–H and O–H groups in total. The minimum Gasteiger partial charge on any atom is -0.378 e. The lowest BCUT2D eigenvalue weighted by Gasteiger charge is -2.25. The van der Waals surface area contributed by atoms with Crippen molar-refractivity contribution in [3.8, 4) is 0 Å². The Balaban J connectivity index is 1.63. The zero-order valence-corrected chi connectivity index (χ0v) is 13.7. The molecule has 0 spiro atoms. The molecular formula is C15H17N3O5S. The number of rotatable bonds is 5. The van der Waals surface area contributed by atoms with Crippen LogP contribution < -0.4 is 0 Å². The summed E-state index contributed by atoms with van der Waals surface area (Å²) >= 11 is 0. The Morgan fingerprint density at radius 3 is 2.58 bits per heavy atom. The number of hydrogen-bond donors (Lipinski definition) is 0. The Morgan fingerprint density at radius 1 is 1.17 bits per heavy atom. The van der Waals surface area contributed by atoms with Crippen LogP contribution in [-0.4, -0.2) is 61.4 Å². The average molecular weight is 351 g/mol. The summed E-state index contributed by atoms with van der Waals surface area (Å²) < 4.78 is 34.6. The van der Waals surface area contributed by atoms with E-state index in [0.717, 1.165) is 0 Å². The number of amides is 1. The number of aryl methyl sites for hydroxylation is 1. The van der Waals surface area contributed by atoms with Crippen LogP contribution in [0.1, 0.15) is 16.5 Å². The molecule has 1 saturated heterocycles. The van der Waals surface area contributed by atoms with Crippen LogP contribution in [0.4, 0.5) is 0 Å². The van der Waals surface area contributed by atoms with Crippen molar-refractivity contribution in [3.05, 3.63) is 42.0 Å². The third kappa shape index (κ3) is 3.80. The Hall–Kier alpha value is -2.26. The number of carbonyl (C=O) groups is 1. The number of ether oxygens (including phenoxy) is 1. The van der Waals surface area contributed by atoms with Crippen LogP contribution in [0, 0.1) is 0 Å². The van der Waals surface area contributed by atoms with Crippen molar-refractivity contribution >= 4 is 15.7 Å². The first kappa shape index (κ1) is 16.6. The van der Waals surface area contributed by atoms with E-state index in [1.54, 1.807) is 35.2 Å². The van der Waals surface area contributed by atoms with E-state index in [0.29, 0.717) is 26.3 Å². The first-order valence-electron chi connectivity index (χ1n) is 7.54. The summed E-state index contributed by atoms with van der Waals surface area (Å²) in [5.74, 6) is -0.431. The van der Waals surface area contributed by atoms with E-state index in [1.807, 2.05) is 0 Å². The highest BCUT2D eigenvalue weighted by Crippen LogP contribution is 2.12. The minimum atomic E-state index is -3.42. The molecule has 0 aliphatic carbocycles. The van der Waals surface area contributed by atoms with Gasteiger partial charge in [0, 0.05) is 19.5 Å². The molecule has 2 heterocycles. The van der Waals surface area contributed by atoms with Crippen molar-refractivity contribution < 1.29 is 22.5 Å². The van der Waals surface area contributed by atoms with Crippen molar-refractivity contribution in [1.29, 1.82) is 0 Å². The lowest BCUT2D eigenvalue weighted by molar-refractivity contribution is 0.0272. The number of benzene rings is 1. The van der Waals surface area contributed by atoms with Crippen LogP contribution in [0.25, 0.3) is 0 Å². The van der Waals surface area contributed by atoms with Crippen molar-refractivity contribution in [1.82, 2.24) is 15.0 Å². The van der Waals surface area contributed by atoms with Crippen LogP contribution in [0.5, 0.6) is 0 Å². The fourth-order valence-corrected chi connectivity index (χ4v) is 3.57. The summed E-state index contributed by atoms with van der Waals surface area (Å²) in [5.41, 5.74) is 0. The number of nitrogens with zero attached hydrogens (tertiary/aromatic N) is 3. The van der Waals surface area contributed by atoms with Crippen molar-refractivity contribution in [2.75, 3.05) is 32.1 Å². The van der Waals surface area contributed by atoms with Gasteiger partial charge in [0.2, 0.25) is 0 Å². The molecule has 24 heavy (non-hydrogen) atoms. The van der Waals surface area contributed by atoms with Crippen LogP contribution in [0.15, 0.2) is 39.8 Å². The summed E-state index contributed by atoms with van der Waals surface area (Å²) in [7, 11) is -3.42. The lowest BCUT2D eigenvalue weighted by atomic mass is 10.4. The van der Waals surface area contributed by atoms with Crippen LogP contribution in [0.3, 0.4) is 0 Å². The molecule has 0 bridgehead atoms. The molecule has 0 saturated carbocycles. The highest BCUT2D eigenvalue weighted by molar-refractivity contribution is 7.91. The summed E-state index contributed by atoms with van der Waals surface area (Å²) in [5, 5.41) is 3.70. The maximum Gasteiger partial charge on any atom is 0.316 e. The van der Waals surface area contributed by atoms with Crippen molar-refractivity contribution in [2.24, 2.45) is 0 Å². The van der Waals surface area contributed by atoms with Gasteiger partial charge in [0.1, 0.15) is 0 Å². The zero-order chi connectivity index (χ0) is 17.0. The Kier molecular flexibility index (Phi) is 4.91. The minimum absolute atomic E-state index is 0.0805. The second-order valence-electron chi connectivity index (χ2n) is 5.30. The van der Waals surface area contributed by atoms with Gasteiger partial charge < -0.3 is 14.2 Å². The number of hydrogen-bond acceptors (Lipinski definition) is 7. The Morgan fingerprint density at radius 2 is 1.88 bits per heavy atom. The third-order valence-corrected chi connectivity index (χ3v) is 5.38. The second kappa shape index (κ2) is 7.10. The van der Waals surface area contributed by atoms with Crippen LogP contribution >= 0.6 is 0 Å². The first-order valence-corrected chi connectivity index (χ1v) is 9.19. The molecule has 2 aromatic rings. The molecule has 1 aromatic carbocycles. The molecular weight excluding hydrogens is 334 g/mol. The highest BCUT2D eigenvalue weighted by Gasteiger charge is 2.24. The summed E-state index contributed by atoms with van der Waals surface area (Å²) in [6.07, 6.45) is 0.0805. The van der Waals surface area contributed by atoms with Crippen molar-refractivity contribution in [2.45, 2.75) is 11.3 Å². The van der Waals surface area contributed by atoms with E-state index >= 15 is 0 Å². The van der Waals surface area contributed by atoms with Gasteiger partial charge in [-0.2, -0.15) is 4.98 Å². The predicted molar refractivity (Wildman–Crippen MR) is 83.2 cm³/mol. The molecule has 1 amide bonds. The van der Waals surface area contributed by atoms with E-state index in [9.17, 15) is 13.2 Å². The Labute approximate surface area is 139 Å². The summed E-state index contributed by atoms with van der Waals surface area (Å²) in [4.78, 5) is 18.0. The van der Waals surface area contributed by atoms with Crippen molar-refractivity contribution in [3.63, 3.8) is 0 Å². The summed E-state index contributed by atoms with van der Waals surface area (Å²) in [6.45, 7) is 1.89. The number of sulfone groups is 1. The quantitative estimate of drug-likeness (QED) is 0.775. The zero-order valence-electron chi connectivity index (χ0n) is 12.9. The predicted octanol–water partition coefficient (Wildman–Crippen LogP) is 0.558. The maximum atomic E-state index is 12.2. The highest BCUT2D eigenvalue weighted by atomic mass is 32.2. The molecule has 8 nitrogen and oxygen atoms in total. The molecule has 3 rings (SSSR count). The monoisotopic (exact) mass is 351 g/mol. The Bertz CT molecular complexity index is 798. The average Bonchev–Trinajstić information content (AvgIpc) is 3.10. The van der Waals surface area contributed by atoms with Crippen LogP contribution in [0.2, 0.25) is 0 Å². The lowest BCUT2D eigenvalue weighted by Crippen LogP contribution is -2.40. The fourth-order valence-electron chi connectivity index (χ4n) is 2.32. The molecule has 0 atom stereocenters. The van der Waals surface area contributed by atoms with E-state index in [2.05, 4.69) is 10.1 Å². The van der Waals surface area contributed by atoms with Crippen LogP contribution in [-0.2, 0) is 21.0 Å². The molecule has 1 aliphatic heterocycles. The smallest absolute Gasteiger partial charge is 0.316 e. The van der Waals surface area contributed by atoms with Gasteiger partial charge in [0.15, 0.2) is 15.7 Å². The maximum absolute atomic E-state index is 12.2. The molecule has 1 aliphatic rings. The normalized spacial score (nSPS) is 15.4. The molecule has 0 unspecified atom stereocenters. The van der Waals surface area contributed by atoms with E-state index in [-0.39, 0.29) is 34.7 Å². The topological polar surface area (TPSA) is 103 Å². The fraction of sp³-hybridized carbons (Fsp3) is 0.400. The van der Waals surface area contributed by atoms with Gasteiger partial charge in [0.25, 0.3) is 0 Å². The van der Waals surface area contributed by atoms with E-state index < -0.39 is 9.84 Å². The number of morpholine rings is 1. The molecule has 1 fully saturated rings. The SMILES string of the molecule is O=C(c1nc(CCS(=O)(=O)c2ccccc2)no1)N1CCOCC1. The van der Waals surface area contributed by atoms with Gasteiger partial charge in [-0.1, -0.05) is 23.4 Å². The number of carbonyl (C=O) groups excluding carboxylic acids is 1. The van der Waals surface area contributed by atoms with Gasteiger partial charge in [0.05, 0.1) is 23.9 Å². The van der Waals surface area contributed by atoms with Gasteiger partial charge >= 0.3 is 11.8 Å². The molecule has 9 heteroatoms. The standard InChI is InChI=1S/C15H17N3O5S/c19-15(18-7-9-22-10-8-18)14-16-13(17-23-14)6-11-24(20,21)12-4-2-1-3-5-12/h1-5H,6-11H2. The third-order valence-electron chi connectivity index (χ3n) is 3.65. The van der Waals surface area contributed by atoms with Gasteiger partial charge in [-0.25, -0.2) is 8.42 Å². The molecule has 1 aromatic heterocycles. The molecule has 128 valence electrons. The second-order valence-corrected chi connectivity index (χ2v) is 7.41. The molecule has 0 radical (unpaired) electrons. The van der Waals surface area contributed by atoms with E-state index in [4.69, 9.17) is 9.26 Å². The first-order chi connectivity index (χ1) is 11.6. The van der Waals surface area contributed by atoms with Gasteiger partial charge in [-0.15, -0.1) is 0 Å².